The van der Waals surface area contributed by atoms with Crippen molar-refractivity contribution in [2.45, 2.75) is 25.3 Å². The zero-order valence-electron chi connectivity index (χ0n) is 19.3. The van der Waals surface area contributed by atoms with Gasteiger partial charge in [0.05, 0.1) is 33.7 Å². The van der Waals surface area contributed by atoms with Gasteiger partial charge in [-0.15, -0.1) is 0 Å². The molecule has 2 aliphatic heterocycles. The molecule has 3 N–H and O–H groups in total. The van der Waals surface area contributed by atoms with Crippen LogP contribution in [0.15, 0.2) is 53.5 Å². The van der Waals surface area contributed by atoms with Crippen LogP contribution < -0.4 is 16.1 Å². The predicted molar refractivity (Wildman–Crippen MR) is 136 cm³/mol. The first kappa shape index (κ1) is 21.6. The van der Waals surface area contributed by atoms with E-state index in [1.807, 2.05) is 36.4 Å². The number of nitrogens with one attached hydrogen (secondary N) is 2. The highest BCUT2D eigenvalue weighted by Gasteiger charge is 2.27. The number of carboxylic acids is 1. The maximum atomic E-state index is 15.4. The quantitative estimate of drug-likeness (QED) is 0.336. The van der Waals surface area contributed by atoms with Gasteiger partial charge < -0.3 is 25.2 Å². The average Bonchev–Trinajstić information content (AvgIpc) is 3.25. The number of carbonyl (C=O) groups is 1. The number of anilines is 3. The van der Waals surface area contributed by atoms with E-state index in [0.717, 1.165) is 36.2 Å². The minimum atomic E-state index is -1.34. The Morgan fingerprint density at radius 1 is 1.23 bits per heavy atom. The van der Waals surface area contributed by atoms with Crippen LogP contribution in [0.1, 0.15) is 29.6 Å². The number of nitrogens with zero attached hydrogens (tertiary/aromatic N) is 2. The first-order valence-corrected chi connectivity index (χ1v) is 11.8. The third-order valence-corrected chi connectivity index (χ3v) is 7.30. The zero-order chi connectivity index (χ0) is 24.3. The molecule has 8 heteroatoms. The van der Waals surface area contributed by atoms with Crippen LogP contribution in [0.4, 0.5) is 21.5 Å². The highest BCUT2D eigenvalue weighted by atomic mass is 19.1. The van der Waals surface area contributed by atoms with Crippen molar-refractivity contribution >= 4 is 44.7 Å². The summed E-state index contributed by atoms with van der Waals surface area (Å²) in [5, 5.41) is 18.3. The second-order valence-corrected chi connectivity index (χ2v) is 9.39. The maximum absolute atomic E-state index is 15.4. The van der Waals surface area contributed by atoms with Crippen LogP contribution in [0.25, 0.3) is 27.4 Å². The molecule has 0 amide bonds. The van der Waals surface area contributed by atoms with Gasteiger partial charge in [-0.3, -0.25) is 4.79 Å². The van der Waals surface area contributed by atoms with E-state index in [9.17, 15) is 14.7 Å². The Bertz CT molecular complexity index is 1580. The molecule has 1 aromatic heterocycles. The molecule has 3 aromatic carbocycles. The Labute approximate surface area is 200 Å². The first-order chi connectivity index (χ1) is 16.9. The van der Waals surface area contributed by atoms with E-state index in [4.69, 9.17) is 0 Å². The van der Waals surface area contributed by atoms with Crippen LogP contribution in [0.5, 0.6) is 0 Å². The molecule has 0 aliphatic carbocycles. The van der Waals surface area contributed by atoms with Gasteiger partial charge in [0.1, 0.15) is 11.4 Å². The van der Waals surface area contributed by atoms with E-state index >= 15 is 4.39 Å². The first-order valence-electron chi connectivity index (χ1n) is 11.8. The van der Waals surface area contributed by atoms with E-state index in [1.54, 1.807) is 4.57 Å². The van der Waals surface area contributed by atoms with Gasteiger partial charge in [-0.1, -0.05) is 24.3 Å². The molecular weight excluding hydrogens is 447 g/mol. The van der Waals surface area contributed by atoms with Gasteiger partial charge in [0.15, 0.2) is 0 Å². The van der Waals surface area contributed by atoms with Gasteiger partial charge >= 0.3 is 5.97 Å². The summed E-state index contributed by atoms with van der Waals surface area (Å²) in [6.07, 6.45) is 4.52. The zero-order valence-corrected chi connectivity index (χ0v) is 19.3. The van der Waals surface area contributed by atoms with Crippen molar-refractivity contribution in [2.75, 3.05) is 30.8 Å². The molecule has 2 aliphatic rings. The summed E-state index contributed by atoms with van der Waals surface area (Å²) in [5.74, 6) is -1.93. The summed E-state index contributed by atoms with van der Waals surface area (Å²) in [4.78, 5) is 27.2. The third kappa shape index (κ3) is 3.44. The fourth-order valence-electron chi connectivity index (χ4n) is 5.47. The molecule has 7 nitrogen and oxygen atoms in total. The topological polar surface area (TPSA) is 86.6 Å². The van der Waals surface area contributed by atoms with Gasteiger partial charge in [0, 0.05) is 18.8 Å². The number of likely N-dealkylation sites (tertiary alicyclic amines) is 1. The molecular formula is C27H25FN4O3. The predicted octanol–water partition coefficient (Wildman–Crippen LogP) is 4.93. The molecule has 1 unspecified atom stereocenters. The van der Waals surface area contributed by atoms with Crippen LogP contribution in [-0.2, 0) is 0 Å². The van der Waals surface area contributed by atoms with Gasteiger partial charge in [-0.25, -0.2) is 9.18 Å². The molecule has 4 aromatic rings. The number of benzene rings is 3. The lowest BCUT2D eigenvalue weighted by Crippen LogP contribution is -2.27. The van der Waals surface area contributed by atoms with E-state index in [-0.39, 0.29) is 11.1 Å². The summed E-state index contributed by atoms with van der Waals surface area (Å²) in [6, 6.07) is 13.4. The van der Waals surface area contributed by atoms with Gasteiger partial charge in [-0.2, -0.15) is 0 Å². The van der Waals surface area contributed by atoms with Crippen molar-refractivity contribution in [1.29, 1.82) is 0 Å². The highest BCUT2D eigenvalue weighted by Crippen LogP contribution is 2.43. The molecule has 178 valence electrons. The number of aromatic nitrogens is 1. The van der Waals surface area contributed by atoms with Crippen molar-refractivity contribution in [1.82, 2.24) is 9.47 Å². The average molecular weight is 473 g/mol. The number of rotatable bonds is 5. The number of aromatic carboxylic acids is 1. The maximum Gasteiger partial charge on any atom is 0.341 e. The van der Waals surface area contributed by atoms with E-state index in [0.29, 0.717) is 35.2 Å². The summed E-state index contributed by atoms with van der Waals surface area (Å²) in [7, 11) is 2.11. The number of halogens is 1. The fraction of sp³-hybridized carbons (Fsp3) is 0.259. The minimum absolute atomic E-state index is 0.0322. The molecule has 3 heterocycles. The Hall–Kier alpha value is -3.91. The van der Waals surface area contributed by atoms with E-state index in [2.05, 4.69) is 22.6 Å². The van der Waals surface area contributed by atoms with Crippen LogP contribution in [0.2, 0.25) is 0 Å². The van der Waals surface area contributed by atoms with Crippen molar-refractivity contribution in [3.63, 3.8) is 0 Å². The number of hydrogen-bond acceptors (Lipinski definition) is 5. The second kappa shape index (κ2) is 8.09. The highest BCUT2D eigenvalue weighted by molar-refractivity contribution is 6.07. The van der Waals surface area contributed by atoms with Crippen LogP contribution in [0.3, 0.4) is 0 Å². The molecule has 0 radical (unpaired) electrons. The van der Waals surface area contributed by atoms with Gasteiger partial charge in [0.2, 0.25) is 5.43 Å². The summed E-state index contributed by atoms with van der Waals surface area (Å²) in [6.45, 7) is 1.65. The molecule has 0 spiro atoms. The lowest BCUT2D eigenvalue weighted by atomic mass is 10.0. The van der Waals surface area contributed by atoms with E-state index in [1.165, 1.54) is 12.6 Å². The normalized spacial score (nSPS) is 16.9. The summed E-state index contributed by atoms with van der Waals surface area (Å²) in [5.41, 5.74) is 1.51. The monoisotopic (exact) mass is 472 g/mol. The van der Waals surface area contributed by atoms with Crippen LogP contribution in [0, 0.1) is 5.82 Å². The third-order valence-electron chi connectivity index (χ3n) is 7.30. The lowest BCUT2D eigenvalue weighted by molar-refractivity contribution is 0.0695. The smallest absolute Gasteiger partial charge is 0.341 e. The fourth-order valence-corrected chi connectivity index (χ4v) is 5.47. The molecule has 6 rings (SSSR count). The van der Waals surface area contributed by atoms with E-state index < -0.39 is 22.8 Å². The summed E-state index contributed by atoms with van der Waals surface area (Å²) < 4.78 is 17.1. The number of carboxylic acid groups (broad SMARTS) is 1. The lowest BCUT2D eigenvalue weighted by Gasteiger charge is -2.28. The van der Waals surface area contributed by atoms with Crippen LogP contribution >= 0.6 is 0 Å². The van der Waals surface area contributed by atoms with Crippen molar-refractivity contribution in [3.8, 4) is 5.69 Å². The van der Waals surface area contributed by atoms with Gasteiger partial charge in [-0.05, 0) is 61.8 Å². The molecule has 1 atom stereocenters. The number of pyridine rings is 1. The number of hydrogen-bond donors (Lipinski definition) is 3. The van der Waals surface area contributed by atoms with Crippen molar-refractivity contribution < 1.29 is 14.3 Å². The Balaban J connectivity index is 1.54. The molecule has 0 saturated carbocycles. The minimum Gasteiger partial charge on any atom is -0.477 e. The second-order valence-electron chi connectivity index (χ2n) is 9.39. The Kier molecular flexibility index (Phi) is 5.00. The standard InChI is InChI=1S/C27H25FN4O3/c1-31-10-4-7-17(31)8-9-29-23-20(28)13-18-25-24(23)30-21-11-15-5-2-3-6-16(15)12-22(21)32(25)14-19(26(18)33)27(34)35/h2-3,5-6,11-14,17,29-30H,4,7-10H2,1H3,(H,34,35). The van der Waals surface area contributed by atoms with Crippen molar-refractivity contribution in [2.24, 2.45) is 0 Å². The molecule has 0 bridgehead atoms. The number of fused-ring (bicyclic) bond motifs is 3. The van der Waals surface area contributed by atoms with Gasteiger partial charge in [0.25, 0.3) is 0 Å². The Morgan fingerprint density at radius 2 is 2.00 bits per heavy atom. The van der Waals surface area contributed by atoms with Crippen molar-refractivity contribution in [3.05, 3.63) is 70.3 Å². The summed E-state index contributed by atoms with van der Waals surface area (Å²) >= 11 is 0. The molecule has 1 saturated heterocycles. The Morgan fingerprint density at radius 3 is 2.71 bits per heavy atom. The molecule has 1 fully saturated rings. The SMILES string of the molecule is CN1CCCC1CCNc1c(F)cc2c(=O)c(C(=O)O)cn3c2c1Nc1cc2ccccc2cc1-3. The largest absolute Gasteiger partial charge is 0.477 e. The van der Waals surface area contributed by atoms with Crippen LogP contribution in [-0.4, -0.2) is 46.7 Å². The molecule has 35 heavy (non-hydrogen) atoms.